The topological polar surface area (TPSA) is 33.7 Å². The zero-order valence-electron chi connectivity index (χ0n) is 12.5. The summed E-state index contributed by atoms with van der Waals surface area (Å²) in [6.07, 6.45) is 0. The zero-order valence-corrected chi connectivity index (χ0v) is 13.3. The Morgan fingerprint density at radius 1 is 1.05 bits per heavy atom. The lowest BCUT2D eigenvalue weighted by atomic mass is 10.0. The molecule has 1 saturated heterocycles. The van der Waals surface area contributed by atoms with Gasteiger partial charge < -0.3 is 14.8 Å². The van der Waals surface area contributed by atoms with Crippen molar-refractivity contribution in [3.8, 4) is 11.5 Å². The molecule has 5 heteroatoms. The van der Waals surface area contributed by atoms with Crippen LogP contribution in [0.25, 0.3) is 0 Å². The van der Waals surface area contributed by atoms with Gasteiger partial charge in [-0.05, 0) is 29.1 Å². The van der Waals surface area contributed by atoms with Crippen molar-refractivity contribution < 1.29 is 9.47 Å². The van der Waals surface area contributed by atoms with Gasteiger partial charge in [0.05, 0.1) is 6.04 Å². The van der Waals surface area contributed by atoms with Crippen LogP contribution in [0.15, 0.2) is 35.7 Å². The van der Waals surface area contributed by atoms with Gasteiger partial charge in [-0.15, -0.1) is 11.3 Å². The third-order valence-electron chi connectivity index (χ3n) is 4.21. The van der Waals surface area contributed by atoms with E-state index in [4.69, 9.17) is 9.47 Å². The minimum absolute atomic E-state index is 0.304. The highest BCUT2D eigenvalue weighted by molar-refractivity contribution is 7.10. The van der Waals surface area contributed by atoms with E-state index in [9.17, 15) is 0 Å². The molecule has 1 atom stereocenters. The maximum absolute atomic E-state index is 5.77. The van der Waals surface area contributed by atoms with Crippen LogP contribution in [0.5, 0.6) is 11.5 Å². The van der Waals surface area contributed by atoms with Gasteiger partial charge in [-0.25, -0.2) is 0 Å². The molecular formula is C17H20N2O2S. The third-order valence-corrected chi connectivity index (χ3v) is 5.14. The van der Waals surface area contributed by atoms with Crippen molar-refractivity contribution in [2.24, 2.45) is 0 Å². The Morgan fingerprint density at radius 2 is 1.86 bits per heavy atom. The molecule has 0 spiro atoms. The number of hydrogen-bond donors (Lipinski definition) is 1. The molecule has 0 saturated carbocycles. The van der Waals surface area contributed by atoms with Crippen LogP contribution >= 0.6 is 11.3 Å². The lowest BCUT2D eigenvalue weighted by molar-refractivity contribution is 0.169. The molecule has 1 fully saturated rings. The van der Waals surface area contributed by atoms with Gasteiger partial charge in [0.15, 0.2) is 11.5 Å². The maximum Gasteiger partial charge on any atom is 0.161 e. The van der Waals surface area contributed by atoms with Crippen LogP contribution in [-0.2, 0) is 0 Å². The number of fused-ring (bicyclic) bond motifs is 1. The van der Waals surface area contributed by atoms with E-state index in [0.29, 0.717) is 19.3 Å². The first-order valence-corrected chi connectivity index (χ1v) is 8.67. The minimum Gasteiger partial charge on any atom is -0.486 e. The number of ether oxygens (including phenoxy) is 2. The largest absolute Gasteiger partial charge is 0.486 e. The zero-order chi connectivity index (χ0) is 14.8. The molecule has 1 aromatic carbocycles. The number of nitrogens with zero attached hydrogens (tertiary/aromatic N) is 1. The fourth-order valence-electron chi connectivity index (χ4n) is 3.17. The number of thiophene rings is 1. The molecule has 0 unspecified atom stereocenters. The monoisotopic (exact) mass is 316 g/mol. The standard InChI is InChI=1S/C17H20N2O2S/c1-2-16(22-11-1)17(19-7-5-18-6-8-19)13-3-4-14-15(12-13)21-10-9-20-14/h1-4,11-12,17-18H,5-10H2/t17-/m1/s1. The smallest absolute Gasteiger partial charge is 0.161 e. The summed E-state index contributed by atoms with van der Waals surface area (Å²) >= 11 is 1.82. The van der Waals surface area contributed by atoms with Crippen molar-refractivity contribution in [1.29, 1.82) is 0 Å². The van der Waals surface area contributed by atoms with E-state index in [1.54, 1.807) is 0 Å². The van der Waals surface area contributed by atoms with Crippen molar-refractivity contribution >= 4 is 11.3 Å². The molecule has 0 aliphatic carbocycles. The van der Waals surface area contributed by atoms with E-state index in [1.807, 2.05) is 17.4 Å². The van der Waals surface area contributed by atoms with Gasteiger partial charge in [0.25, 0.3) is 0 Å². The quantitative estimate of drug-likeness (QED) is 0.943. The Bertz CT molecular complexity index is 624. The first-order valence-electron chi connectivity index (χ1n) is 7.79. The summed E-state index contributed by atoms with van der Waals surface area (Å²) in [5.41, 5.74) is 1.29. The van der Waals surface area contributed by atoms with Crippen molar-refractivity contribution in [3.05, 3.63) is 46.2 Å². The average Bonchev–Trinajstić information content (AvgIpc) is 3.10. The summed E-state index contributed by atoms with van der Waals surface area (Å²) < 4.78 is 11.4. The van der Waals surface area contributed by atoms with Gasteiger partial charge in [0.1, 0.15) is 13.2 Å². The maximum atomic E-state index is 5.77. The van der Waals surface area contributed by atoms with Gasteiger partial charge in [-0.2, -0.15) is 0 Å². The Labute approximate surface area is 134 Å². The second-order valence-electron chi connectivity index (χ2n) is 5.61. The summed E-state index contributed by atoms with van der Waals surface area (Å²) in [5, 5.41) is 5.59. The SMILES string of the molecule is c1csc([C@@H](c2ccc3c(c2)OCCO3)N2CCNCC2)c1. The van der Waals surface area contributed by atoms with Crippen LogP contribution in [0.3, 0.4) is 0 Å². The van der Waals surface area contributed by atoms with Gasteiger partial charge >= 0.3 is 0 Å². The molecule has 116 valence electrons. The van der Waals surface area contributed by atoms with Crippen LogP contribution < -0.4 is 14.8 Å². The molecule has 2 aliphatic rings. The van der Waals surface area contributed by atoms with Gasteiger partial charge in [0, 0.05) is 31.1 Å². The number of hydrogen-bond acceptors (Lipinski definition) is 5. The highest BCUT2D eigenvalue weighted by Gasteiger charge is 2.26. The fourth-order valence-corrected chi connectivity index (χ4v) is 4.06. The molecule has 2 aliphatic heterocycles. The van der Waals surface area contributed by atoms with E-state index >= 15 is 0 Å². The molecule has 22 heavy (non-hydrogen) atoms. The first-order chi connectivity index (χ1) is 10.9. The number of nitrogens with one attached hydrogen (secondary N) is 1. The number of rotatable bonds is 3. The number of benzene rings is 1. The molecule has 1 aromatic heterocycles. The van der Waals surface area contributed by atoms with Crippen LogP contribution in [0.1, 0.15) is 16.5 Å². The molecule has 3 heterocycles. The third kappa shape index (κ3) is 2.72. The van der Waals surface area contributed by atoms with E-state index in [0.717, 1.165) is 37.7 Å². The van der Waals surface area contributed by atoms with Gasteiger partial charge in [-0.3, -0.25) is 4.90 Å². The summed E-state index contributed by atoms with van der Waals surface area (Å²) in [4.78, 5) is 3.94. The predicted molar refractivity (Wildman–Crippen MR) is 88.0 cm³/mol. The van der Waals surface area contributed by atoms with E-state index < -0.39 is 0 Å². The van der Waals surface area contributed by atoms with Crippen LogP contribution in [0.4, 0.5) is 0 Å². The lowest BCUT2D eigenvalue weighted by Crippen LogP contribution is -2.45. The molecule has 1 N–H and O–H groups in total. The van der Waals surface area contributed by atoms with Crippen molar-refractivity contribution in [3.63, 3.8) is 0 Å². The average molecular weight is 316 g/mol. The summed E-state index contributed by atoms with van der Waals surface area (Å²) in [6.45, 7) is 5.50. The summed E-state index contributed by atoms with van der Waals surface area (Å²) in [7, 11) is 0. The number of piperazine rings is 1. The highest BCUT2D eigenvalue weighted by Crippen LogP contribution is 2.38. The predicted octanol–water partition coefficient (Wildman–Crippen LogP) is 2.51. The molecule has 0 bridgehead atoms. The summed E-state index contributed by atoms with van der Waals surface area (Å²) in [5.74, 6) is 1.74. The van der Waals surface area contributed by atoms with Crippen LogP contribution in [0.2, 0.25) is 0 Å². The van der Waals surface area contributed by atoms with E-state index in [2.05, 4.69) is 39.9 Å². The van der Waals surface area contributed by atoms with E-state index in [1.165, 1.54) is 10.4 Å². The molecule has 4 rings (SSSR count). The normalized spacial score (nSPS) is 19.8. The molecule has 0 radical (unpaired) electrons. The Balaban J connectivity index is 1.70. The molecule has 0 amide bonds. The Kier molecular flexibility index (Phi) is 4.01. The summed E-state index contributed by atoms with van der Waals surface area (Å²) in [6, 6.07) is 11.0. The Hall–Kier alpha value is -1.56. The second-order valence-corrected chi connectivity index (χ2v) is 6.59. The minimum atomic E-state index is 0.304. The Morgan fingerprint density at radius 3 is 2.64 bits per heavy atom. The van der Waals surface area contributed by atoms with Gasteiger partial charge in [-0.1, -0.05) is 12.1 Å². The first kappa shape index (κ1) is 14.1. The second kappa shape index (κ2) is 6.28. The van der Waals surface area contributed by atoms with E-state index in [-0.39, 0.29) is 0 Å². The van der Waals surface area contributed by atoms with Gasteiger partial charge in [0.2, 0.25) is 0 Å². The highest BCUT2D eigenvalue weighted by atomic mass is 32.1. The van der Waals surface area contributed by atoms with Crippen molar-refractivity contribution in [2.45, 2.75) is 6.04 Å². The molecule has 4 nitrogen and oxygen atoms in total. The molecular weight excluding hydrogens is 296 g/mol. The van der Waals surface area contributed by atoms with Crippen molar-refractivity contribution in [1.82, 2.24) is 10.2 Å². The van der Waals surface area contributed by atoms with Crippen LogP contribution in [-0.4, -0.2) is 44.3 Å². The molecule has 2 aromatic rings. The van der Waals surface area contributed by atoms with Crippen LogP contribution in [0, 0.1) is 0 Å². The lowest BCUT2D eigenvalue weighted by Gasteiger charge is -2.35. The fraction of sp³-hybridized carbons (Fsp3) is 0.412. The van der Waals surface area contributed by atoms with Crippen molar-refractivity contribution in [2.75, 3.05) is 39.4 Å².